The summed E-state index contributed by atoms with van der Waals surface area (Å²) in [7, 11) is 0. The number of nitriles is 1. The highest BCUT2D eigenvalue weighted by Crippen LogP contribution is 2.38. The van der Waals surface area contributed by atoms with E-state index in [1.54, 1.807) is 30.3 Å². The first-order chi connectivity index (χ1) is 11.6. The smallest absolute Gasteiger partial charge is 0.257 e. The SMILES string of the molecule is N#C/C(=C\c1cccs1)c1nc(-c2ccc(Cl)cc2)c([N+](=O)[O-])s1. The number of nitro groups is 1. The fourth-order valence-electron chi connectivity index (χ4n) is 2.00. The van der Waals surface area contributed by atoms with Gasteiger partial charge in [-0.15, -0.1) is 11.3 Å². The van der Waals surface area contributed by atoms with E-state index in [9.17, 15) is 15.4 Å². The predicted molar refractivity (Wildman–Crippen MR) is 97.0 cm³/mol. The van der Waals surface area contributed by atoms with Gasteiger partial charge in [0.1, 0.15) is 11.1 Å². The van der Waals surface area contributed by atoms with Gasteiger partial charge in [-0.2, -0.15) is 5.26 Å². The summed E-state index contributed by atoms with van der Waals surface area (Å²) < 4.78 is 0. The predicted octanol–water partition coefficient (Wildman–Crippen LogP) is 5.50. The molecule has 0 fully saturated rings. The van der Waals surface area contributed by atoms with Gasteiger partial charge in [-0.3, -0.25) is 10.1 Å². The molecular formula is C16H8ClN3O2S2. The normalized spacial score (nSPS) is 11.2. The van der Waals surface area contributed by atoms with Crippen LogP contribution in [0.25, 0.3) is 22.9 Å². The van der Waals surface area contributed by atoms with Gasteiger partial charge in [0, 0.05) is 15.5 Å². The molecule has 0 saturated carbocycles. The zero-order valence-corrected chi connectivity index (χ0v) is 14.4. The first-order valence-corrected chi connectivity index (χ1v) is 8.72. The Bertz CT molecular complexity index is 954. The first kappa shape index (κ1) is 16.3. The second-order valence-corrected chi connectivity index (χ2v) is 7.02. The number of hydrogen-bond acceptors (Lipinski definition) is 6. The van der Waals surface area contributed by atoms with E-state index >= 15 is 0 Å². The van der Waals surface area contributed by atoms with Crippen molar-refractivity contribution in [3.8, 4) is 17.3 Å². The molecule has 118 valence electrons. The highest BCUT2D eigenvalue weighted by molar-refractivity contribution is 7.16. The molecule has 0 aliphatic heterocycles. The molecule has 1 aromatic carbocycles. The lowest BCUT2D eigenvalue weighted by atomic mass is 10.1. The average Bonchev–Trinajstić information content (AvgIpc) is 3.23. The molecule has 3 aromatic rings. The third-order valence-electron chi connectivity index (χ3n) is 3.07. The summed E-state index contributed by atoms with van der Waals surface area (Å²) >= 11 is 8.23. The molecule has 0 bridgehead atoms. The number of thiophene rings is 1. The van der Waals surface area contributed by atoms with Crippen molar-refractivity contribution < 1.29 is 4.92 Å². The van der Waals surface area contributed by atoms with Crippen LogP contribution < -0.4 is 0 Å². The van der Waals surface area contributed by atoms with E-state index in [4.69, 9.17) is 11.6 Å². The highest BCUT2D eigenvalue weighted by Gasteiger charge is 2.24. The van der Waals surface area contributed by atoms with Crippen LogP contribution in [0.1, 0.15) is 9.88 Å². The summed E-state index contributed by atoms with van der Waals surface area (Å²) in [5.74, 6) is 0. The van der Waals surface area contributed by atoms with E-state index in [0.717, 1.165) is 16.2 Å². The van der Waals surface area contributed by atoms with Crippen molar-refractivity contribution in [2.45, 2.75) is 0 Å². The van der Waals surface area contributed by atoms with Gasteiger partial charge >= 0.3 is 5.00 Å². The van der Waals surface area contributed by atoms with Gasteiger partial charge in [0.15, 0.2) is 5.69 Å². The van der Waals surface area contributed by atoms with Crippen LogP contribution >= 0.6 is 34.3 Å². The highest BCUT2D eigenvalue weighted by atomic mass is 35.5. The maximum atomic E-state index is 11.4. The molecule has 0 amide bonds. The van der Waals surface area contributed by atoms with Crippen LogP contribution in [-0.4, -0.2) is 9.91 Å². The average molecular weight is 374 g/mol. The van der Waals surface area contributed by atoms with Crippen LogP contribution in [0.15, 0.2) is 41.8 Å². The monoisotopic (exact) mass is 373 g/mol. The Morgan fingerprint density at radius 1 is 1.33 bits per heavy atom. The molecule has 0 radical (unpaired) electrons. The number of thiazole rings is 1. The van der Waals surface area contributed by atoms with Gasteiger partial charge in [0.2, 0.25) is 0 Å². The number of nitrogens with zero attached hydrogens (tertiary/aromatic N) is 3. The van der Waals surface area contributed by atoms with Crippen LogP contribution in [0.2, 0.25) is 5.02 Å². The zero-order valence-electron chi connectivity index (χ0n) is 12.0. The number of hydrogen-bond donors (Lipinski definition) is 0. The minimum atomic E-state index is -0.481. The van der Waals surface area contributed by atoms with Gasteiger partial charge < -0.3 is 0 Å². The molecule has 5 nitrogen and oxygen atoms in total. The van der Waals surface area contributed by atoms with E-state index < -0.39 is 4.92 Å². The molecule has 0 spiro atoms. The van der Waals surface area contributed by atoms with Gasteiger partial charge in [-0.1, -0.05) is 29.8 Å². The molecule has 0 aliphatic carbocycles. The molecule has 0 unspecified atom stereocenters. The van der Waals surface area contributed by atoms with E-state index in [0.29, 0.717) is 21.2 Å². The Morgan fingerprint density at radius 2 is 2.08 bits per heavy atom. The summed E-state index contributed by atoms with van der Waals surface area (Å²) in [5.41, 5.74) is 1.12. The number of rotatable bonds is 4. The second-order valence-electron chi connectivity index (χ2n) is 4.62. The standard InChI is InChI=1S/C16H8ClN3O2S2/c17-12-5-3-10(4-6-12)14-16(20(21)22)24-15(19-14)11(9-18)8-13-2-1-7-23-13/h1-8H/b11-8+. The summed E-state index contributed by atoms with van der Waals surface area (Å²) in [4.78, 5) is 16.1. The van der Waals surface area contributed by atoms with Crippen molar-refractivity contribution in [2.24, 2.45) is 0 Å². The third kappa shape index (κ3) is 3.36. The molecule has 24 heavy (non-hydrogen) atoms. The molecule has 2 heterocycles. The van der Waals surface area contributed by atoms with Crippen LogP contribution in [0, 0.1) is 21.4 Å². The van der Waals surface area contributed by atoms with E-state index in [2.05, 4.69) is 11.1 Å². The van der Waals surface area contributed by atoms with E-state index in [1.165, 1.54) is 11.3 Å². The number of halogens is 1. The quantitative estimate of drug-likeness (QED) is 0.343. The van der Waals surface area contributed by atoms with Crippen molar-refractivity contribution in [1.82, 2.24) is 4.98 Å². The molecule has 0 aliphatic rings. The Morgan fingerprint density at radius 3 is 2.67 bits per heavy atom. The fourth-order valence-corrected chi connectivity index (χ4v) is 3.66. The summed E-state index contributed by atoms with van der Waals surface area (Å²) in [6.07, 6.45) is 1.68. The number of allylic oxidation sites excluding steroid dienone is 1. The lowest BCUT2D eigenvalue weighted by Crippen LogP contribution is -1.88. The topological polar surface area (TPSA) is 79.8 Å². The Labute approximate surface area is 150 Å². The van der Waals surface area contributed by atoms with Crippen molar-refractivity contribution in [1.29, 1.82) is 5.26 Å². The molecule has 0 atom stereocenters. The van der Waals surface area contributed by atoms with E-state index in [1.807, 2.05) is 17.5 Å². The maximum absolute atomic E-state index is 11.4. The first-order valence-electron chi connectivity index (χ1n) is 6.65. The molecule has 0 saturated heterocycles. The second kappa shape index (κ2) is 6.93. The van der Waals surface area contributed by atoms with Crippen LogP contribution in [0.5, 0.6) is 0 Å². The number of benzene rings is 1. The summed E-state index contributed by atoms with van der Waals surface area (Å²) in [5, 5.41) is 23.4. The molecule has 2 aromatic heterocycles. The maximum Gasteiger partial charge on any atom is 0.352 e. The summed E-state index contributed by atoms with van der Waals surface area (Å²) in [6.45, 7) is 0. The van der Waals surface area contributed by atoms with Gasteiger partial charge in [-0.25, -0.2) is 4.98 Å². The molecule has 8 heteroatoms. The largest absolute Gasteiger partial charge is 0.352 e. The Hall–Kier alpha value is -2.53. The minimum Gasteiger partial charge on any atom is -0.257 e. The van der Waals surface area contributed by atoms with Gasteiger partial charge in [-0.05, 0) is 41.0 Å². The lowest BCUT2D eigenvalue weighted by Gasteiger charge is -1.96. The molecular weight excluding hydrogens is 366 g/mol. The van der Waals surface area contributed by atoms with Crippen molar-refractivity contribution in [2.75, 3.05) is 0 Å². The van der Waals surface area contributed by atoms with Crippen molar-refractivity contribution >= 4 is 50.9 Å². The van der Waals surface area contributed by atoms with Crippen molar-refractivity contribution in [3.05, 3.63) is 66.8 Å². The third-order valence-corrected chi connectivity index (χ3v) is 5.19. The van der Waals surface area contributed by atoms with Crippen molar-refractivity contribution in [3.63, 3.8) is 0 Å². The van der Waals surface area contributed by atoms with Gasteiger partial charge in [0.25, 0.3) is 0 Å². The number of aromatic nitrogens is 1. The van der Waals surface area contributed by atoms with Crippen LogP contribution in [0.3, 0.4) is 0 Å². The van der Waals surface area contributed by atoms with E-state index in [-0.39, 0.29) is 10.7 Å². The fraction of sp³-hybridized carbons (Fsp3) is 0. The van der Waals surface area contributed by atoms with Crippen LogP contribution in [0.4, 0.5) is 5.00 Å². The van der Waals surface area contributed by atoms with Crippen LogP contribution in [-0.2, 0) is 0 Å². The Balaban J connectivity index is 2.10. The lowest BCUT2D eigenvalue weighted by molar-refractivity contribution is -0.379. The van der Waals surface area contributed by atoms with Gasteiger partial charge in [0.05, 0.1) is 10.5 Å². The molecule has 0 N–H and O–H groups in total. The zero-order chi connectivity index (χ0) is 17.1. The summed E-state index contributed by atoms with van der Waals surface area (Å²) in [6, 6.07) is 12.4. The Kier molecular flexibility index (Phi) is 4.71. The molecule has 3 rings (SSSR count). The minimum absolute atomic E-state index is 0.0975.